The molecule has 0 radical (unpaired) electrons. The van der Waals surface area contributed by atoms with Gasteiger partial charge in [-0.2, -0.15) is 18.2 Å². The Bertz CT molecular complexity index is 986. The molecule has 7 nitrogen and oxygen atoms in total. The molecule has 0 atom stereocenters. The molecular formula is C18H18F3N3O4. The first-order valence-corrected chi connectivity index (χ1v) is 9.14. The van der Waals surface area contributed by atoms with Gasteiger partial charge in [-0.05, 0) is 37.2 Å². The van der Waals surface area contributed by atoms with Crippen molar-refractivity contribution in [3.8, 4) is 0 Å². The molecule has 28 heavy (non-hydrogen) atoms. The molecule has 1 aliphatic carbocycles. The average molecular weight is 397 g/mol. The second-order valence-corrected chi connectivity index (χ2v) is 7.62. The van der Waals surface area contributed by atoms with E-state index in [9.17, 15) is 28.1 Å². The van der Waals surface area contributed by atoms with Gasteiger partial charge in [0.05, 0.1) is 15.9 Å². The molecule has 0 amide bonds. The third-order valence-electron chi connectivity index (χ3n) is 5.97. The summed E-state index contributed by atoms with van der Waals surface area (Å²) in [5, 5.41) is 10.8. The van der Waals surface area contributed by atoms with Crippen LogP contribution in [0.4, 0.5) is 24.9 Å². The summed E-state index contributed by atoms with van der Waals surface area (Å²) >= 11 is 0. The van der Waals surface area contributed by atoms with E-state index in [1.54, 1.807) is 4.90 Å². The number of halogens is 3. The highest BCUT2D eigenvalue weighted by molar-refractivity contribution is 5.86. The molecule has 0 N–H and O–H groups in total. The van der Waals surface area contributed by atoms with Gasteiger partial charge in [-0.3, -0.25) is 14.9 Å². The normalized spacial score (nSPS) is 19.5. The molecule has 2 aliphatic rings. The van der Waals surface area contributed by atoms with Crippen LogP contribution in [0.25, 0.3) is 11.0 Å². The van der Waals surface area contributed by atoms with E-state index in [0.717, 1.165) is 12.8 Å². The SMILES string of the molecule is O=c1nc(N2CCC3(CCCC3)CC2)oc2c([N+](=O)[O-])cc(C(F)(F)F)cc12. The maximum absolute atomic E-state index is 13.0. The molecule has 1 saturated heterocycles. The van der Waals surface area contributed by atoms with Gasteiger partial charge in [-0.15, -0.1) is 0 Å². The lowest BCUT2D eigenvalue weighted by Crippen LogP contribution is -2.39. The number of nitro benzene ring substituents is 1. The Morgan fingerprint density at radius 3 is 2.36 bits per heavy atom. The summed E-state index contributed by atoms with van der Waals surface area (Å²) in [6.45, 7) is 1.19. The molecule has 150 valence electrons. The summed E-state index contributed by atoms with van der Waals surface area (Å²) in [5.41, 5.74) is -3.31. The quantitative estimate of drug-likeness (QED) is 0.555. The van der Waals surface area contributed by atoms with Crippen LogP contribution in [0, 0.1) is 15.5 Å². The van der Waals surface area contributed by atoms with Crippen LogP contribution in [-0.2, 0) is 6.18 Å². The van der Waals surface area contributed by atoms with E-state index >= 15 is 0 Å². The maximum Gasteiger partial charge on any atom is 0.416 e. The summed E-state index contributed by atoms with van der Waals surface area (Å²) in [7, 11) is 0. The van der Waals surface area contributed by atoms with Crippen LogP contribution in [-0.4, -0.2) is 23.0 Å². The highest BCUT2D eigenvalue weighted by atomic mass is 19.4. The molecule has 1 aromatic carbocycles. The number of aromatic nitrogens is 1. The largest absolute Gasteiger partial charge is 0.417 e. The molecule has 2 fully saturated rings. The van der Waals surface area contributed by atoms with Gasteiger partial charge in [0.2, 0.25) is 5.58 Å². The first kappa shape index (κ1) is 18.7. The molecule has 1 aromatic heterocycles. The lowest BCUT2D eigenvalue weighted by Gasteiger charge is -2.38. The van der Waals surface area contributed by atoms with Gasteiger partial charge in [0, 0.05) is 19.2 Å². The Kier molecular flexibility index (Phi) is 4.31. The van der Waals surface area contributed by atoms with E-state index in [-0.39, 0.29) is 6.01 Å². The Labute approximate surface area is 157 Å². The fourth-order valence-corrected chi connectivity index (χ4v) is 4.37. The minimum absolute atomic E-state index is 0.0757. The smallest absolute Gasteiger partial charge is 0.416 e. The lowest BCUT2D eigenvalue weighted by molar-refractivity contribution is -0.383. The Morgan fingerprint density at radius 1 is 1.14 bits per heavy atom. The molecule has 1 spiro atoms. The van der Waals surface area contributed by atoms with Gasteiger partial charge in [-0.25, -0.2) is 0 Å². The summed E-state index contributed by atoms with van der Waals surface area (Å²) < 4.78 is 44.6. The number of rotatable bonds is 2. The first-order chi connectivity index (χ1) is 13.2. The van der Waals surface area contributed by atoms with Gasteiger partial charge >= 0.3 is 17.9 Å². The number of benzene rings is 1. The Morgan fingerprint density at radius 2 is 1.79 bits per heavy atom. The van der Waals surface area contributed by atoms with Gasteiger partial charge < -0.3 is 9.32 Å². The van der Waals surface area contributed by atoms with E-state index in [1.807, 2.05) is 0 Å². The Balaban J connectivity index is 1.75. The topological polar surface area (TPSA) is 89.5 Å². The number of piperidine rings is 1. The van der Waals surface area contributed by atoms with Crippen molar-refractivity contribution in [2.75, 3.05) is 18.0 Å². The summed E-state index contributed by atoms with van der Waals surface area (Å²) in [6.07, 6.45) is 1.74. The van der Waals surface area contributed by atoms with Crippen molar-refractivity contribution in [3.05, 3.63) is 38.2 Å². The van der Waals surface area contributed by atoms with E-state index < -0.39 is 38.9 Å². The molecule has 10 heteroatoms. The molecule has 1 aliphatic heterocycles. The van der Waals surface area contributed by atoms with Crippen molar-refractivity contribution < 1.29 is 22.5 Å². The monoisotopic (exact) mass is 397 g/mol. The van der Waals surface area contributed by atoms with E-state index in [1.165, 1.54) is 25.7 Å². The van der Waals surface area contributed by atoms with Gasteiger partial charge in [0.1, 0.15) is 0 Å². The zero-order valence-electron chi connectivity index (χ0n) is 14.9. The minimum Gasteiger partial charge on any atom is -0.417 e. The standard InChI is InChI=1S/C18H18F3N3O4/c19-18(20,21)11-9-12-14(13(10-11)24(26)27)28-16(22-15(12)25)23-7-5-17(6-8-23)3-1-2-4-17/h9-10H,1-8H2. The number of alkyl halides is 3. The third kappa shape index (κ3) is 3.20. The number of fused-ring (bicyclic) bond motifs is 1. The van der Waals surface area contributed by atoms with Crippen LogP contribution < -0.4 is 10.5 Å². The molecule has 1 saturated carbocycles. The second kappa shape index (κ2) is 6.46. The van der Waals surface area contributed by atoms with Gasteiger partial charge in [0.15, 0.2) is 0 Å². The van der Waals surface area contributed by atoms with Gasteiger partial charge in [-0.1, -0.05) is 12.8 Å². The second-order valence-electron chi connectivity index (χ2n) is 7.62. The average Bonchev–Trinajstić information content (AvgIpc) is 3.08. The zero-order chi connectivity index (χ0) is 20.1. The Hall–Kier alpha value is -2.65. The lowest BCUT2D eigenvalue weighted by atomic mass is 9.77. The van der Waals surface area contributed by atoms with Crippen LogP contribution >= 0.6 is 0 Å². The van der Waals surface area contributed by atoms with Crippen LogP contribution in [0.2, 0.25) is 0 Å². The summed E-state index contributed by atoms with van der Waals surface area (Å²) in [4.78, 5) is 28.2. The number of non-ortho nitro benzene ring substituents is 1. The molecule has 0 unspecified atom stereocenters. The van der Waals surface area contributed by atoms with Crippen LogP contribution in [0.1, 0.15) is 44.1 Å². The minimum atomic E-state index is -4.83. The maximum atomic E-state index is 13.0. The molecular weight excluding hydrogens is 379 g/mol. The number of hydrogen-bond acceptors (Lipinski definition) is 6. The van der Waals surface area contributed by atoms with Crippen molar-refractivity contribution in [2.24, 2.45) is 5.41 Å². The van der Waals surface area contributed by atoms with Gasteiger partial charge in [0.25, 0.3) is 5.56 Å². The molecule has 2 aromatic rings. The summed E-state index contributed by atoms with van der Waals surface area (Å²) in [6, 6.07) is 0.862. The number of anilines is 1. The molecule has 4 rings (SSSR count). The molecule has 0 bridgehead atoms. The van der Waals surface area contributed by atoms with Crippen molar-refractivity contribution in [1.82, 2.24) is 4.98 Å². The third-order valence-corrected chi connectivity index (χ3v) is 5.97. The first-order valence-electron chi connectivity index (χ1n) is 9.14. The highest BCUT2D eigenvalue weighted by Gasteiger charge is 2.38. The molecule has 2 heterocycles. The fourth-order valence-electron chi connectivity index (χ4n) is 4.37. The predicted octanol–water partition coefficient (Wildman–Crippen LogP) is 4.28. The van der Waals surface area contributed by atoms with Crippen LogP contribution in [0.5, 0.6) is 0 Å². The van der Waals surface area contributed by atoms with Crippen molar-refractivity contribution in [2.45, 2.75) is 44.7 Å². The van der Waals surface area contributed by atoms with Crippen molar-refractivity contribution in [3.63, 3.8) is 0 Å². The fraction of sp³-hybridized carbons (Fsp3) is 0.556. The van der Waals surface area contributed by atoms with E-state index in [0.29, 0.717) is 30.6 Å². The predicted molar refractivity (Wildman–Crippen MR) is 94.3 cm³/mol. The van der Waals surface area contributed by atoms with Crippen molar-refractivity contribution in [1.29, 1.82) is 0 Å². The zero-order valence-corrected chi connectivity index (χ0v) is 14.9. The number of hydrogen-bond donors (Lipinski definition) is 0. The van der Waals surface area contributed by atoms with E-state index in [2.05, 4.69) is 4.98 Å². The number of nitrogens with zero attached hydrogens (tertiary/aromatic N) is 3. The van der Waals surface area contributed by atoms with Crippen molar-refractivity contribution >= 4 is 22.7 Å². The number of nitro groups is 1. The van der Waals surface area contributed by atoms with Crippen LogP contribution in [0.15, 0.2) is 21.3 Å². The highest BCUT2D eigenvalue weighted by Crippen LogP contribution is 2.46. The summed E-state index contributed by atoms with van der Waals surface area (Å²) in [5.74, 6) is 0. The van der Waals surface area contributed by atoms with Crippen LogP contribution in [0.3, 0.4) is 0 Å². The van der Waals surface area contributed by atoms with E-state index in [4.69, 9.17) is 4.42 Å².